The smallest absolute Gasteiger partial charge is 0.174 e. The zero-order chi connectivity index (χ0) is 18.4. The number of benzene rings is 1. The summed E-state index contributed by atoms with van der Waals surface area (Å²) in [5.41, 5.74) is 4.51. The predicted molar refractivity (Wildman–Crippen MR) is 98.8 cm³/mol. The Labute approximate surface area is 155 Å². The van der Waals surface area contributed by atoms with Crippen molar-refractivity contribution in [1.29, 1.82) is 5.26 Å². The van der Waals surface area contributed by atoms with E-state index in [-0.39, 0.29) is 5.41 Å². The summed E-state index contributed by atoms with van der Waals surface area (Å²) >= 11 is 0. The average molecular weight is 355 g/mol. The molecule has 0 bridgehead atoms. The molecule has 0 amide bonds. The molecule has 3 heterocycles. The van der Waals surface area contributed by atoms with E-state index < -0.39 is 0 Å². The summed E-state index contributed by atoms with van der Waals surface area (Å²) in [7, 11) is 1.88. The Kier molecular flexibility index (Phi) is 3.34. The molecule has 7 nitrogen and oxygen atoms in total. The van der Waals surface area contributed by atoms with Crippen molar-refractivity contribution in [1.82, 2.24) is 29.4 Å². The molecule has 4 aromatic rings. The van der Waals surface area contributed by atoms with E-state index >= 15 is 0 Å². The van der Waals surface area contributed by atoms with Crippen molar-refractivity contribution in [3.63, 3.8) is 0 Å². The minimum Gasteiger partial charge on any atom is -0.275 e. The molecule has 1 aromatic carbocycles. The molecule has 132 valence electrons. The van der Waals surface area contributed by atoms with E-state index in [1.807, 2.05) is 17.8 Å². The second-order valence-electron chi connectivity index (χ2n) is 7.06. The molecule has 0 N–H and O–H groups in total. The van der Waals surface area contributed by atoms with Gasteiger partial charge in [-0.05, 0) is 24.0 Å². The van der Waals surface area contributed by atoms with Gasteiger partial charge in [-0.1, -0.05) is 24.3 Å². The van der Waals surface area contributed by atoms with Crippen LogP contribution < -0.4 is 0 Å². The van der Waals surface area contributed by atoms with Gasteiger partial charge in [0.05, 0.1) is 35.8 Å². The number of nitriles is 1. The maximum atomic E-state index is 9.33. The van der Waals surface area contributed by atoms with Crippen molar-refractivity contribution >= 4 is 5.65 Å². The first-order valence-electron chi connectivity index (χ1n) is 8.86. The Morgan fingerprint density at radius 2 is 1.96 bits per heavy atom. The standard InChI is InChI=1S/C20H17N7/c1-26-12-15(9-23-26)17-10-22-11-19-24-18(25-27(17)19)8-14-2-4-16(5-3-14)20(13-21)6-7-20/h2-5,9-12H,6-8H2,1H3. The van der Waals surface area contributed by atoms with Crippen molar-refractivity contribution in [2.45, 2.75) is 24.7 Å². The van der Waals surface area contributed by atoms with Gasteiger partial charge < -0.3 is 0 Å². The van der Waals surface area contributed by atoms with Crippen LogP contribution in [0.3, 0.4) is 0 Å². The van der Waals surface area contributed by atoms with Crippen molar-refractivity contribution in [3.05, 3.63) is 66.0 Å². The van der Waals surface area contributed by atoms with Gasteiger partial charge in [0.15, 0.2) is 11.5 Å². The SMILES string of the molecule is Cn1cc(-c2cncc3nc(Cc4ccc(C5(C#N)CC5)cc4)nn23)cn1. The topological polar surface area (TPSA) is 84.7 Å². The van der Waals surface area contributed by atoms with Crippen LogP contribution in [0.25, 0.3) is 16.9 Å². The van der Waals surface area contributed by atoms with Gasteiger partial charge in [0.2, 0.25) is 0 Å². The van der Waals surface area contributed by atoms with Crippen LogP contribution in [0.5, 0.6) is 0 Å². The third-order valence-corrected chi connectivity index (χ3v) is 5.12. The van der Waals surface area contributed by atoms with Crippen LogP contribution in [0.15, 0.2) is 49.1 Å². The van der Waals surface area contributed by atoms with Gasteiger partial charge in [-0.2, -0.15) is 15.5 Å². The van der Waals surface area contributed by atoms with Crippen LogP contribution in [0.4, 0.5) is 0 Å². The predicted octanol–water partition coefficient (Wildman–Crippen LogP) is 2.67. The maximum Gasteiger partial charge on any atom is 0.174 e. The Morgan fingerprint density at radius 1 is 1.15 bits per heavy atom. The average Bonchev–Trinajstić information content (AvgIpc) is 3.19. The molecule has 5 rings (SSSR count). The Morgan fingerprint density at radius 3 is 2.63 bits per heavy atom. The quantitative estimate of drug-likeness (QED) is 0.562. The van der Waals surface area contributed by atoms with Gasteiger partial charge in [-0.15, -0.1) is 0 Å². The number of hydrogen-bond donors (Lipinski definition) is 0. The van der Waals surface area contributed by atoms with Crippen molar-refractivity contribution in [2.24, 2.45) is 7.05 Å². The number of fused-ring (bicyclic) bond motifs is 1. The van der Waals surface area contributed by atoms with Crippen LogP contribution in [-0.2, 0) is 18.9 Å². The van der Waals surface area contributed by atoms with E-state index in [1.165, 1.54) is 0 Å². The highest BCUT2D eigenvalue weighted by Gasteiger charge is 2.44. The second-order valence-corrected chi connectivity index (χ2v) is 7.06. The third kappa shape index (κ3) is 2.66. The van der Waals surface area contributed by atoms with E-state index in [1.54, 1.807) is 23.3 Å². The number of aryl methyl sites for hydroxylation is 1. The molecule has 0 saturated heterocycles. The van der Waals surface area contributed by atoms with Crippen LogP contribution in [0, 0.1) is 11.3 Å². The molecular weight excluding hydrogens is 338 g/mol. The summed E-state index contributed by atoms with van der Waals surface area (Å²) in [6, 6.07) is 10.7. The highest BCUT2D eigenvalue weighted by Crippen LogP contribution is 2.47. The van der Waals surface area contributed by atoms with Crippen LogP contribution >= 0.6 is 0 Å². The summed E-state index contributed by atoms with van der Waals surface area (Å²) in [6.45, 7) is 0. The molecule has 1 saturated carbocycles. The van der Waals surface area contributed by atoms with Gasteiger partial charge in [-0.3, -0.25) is 9.67 Å². The number of hydrogen-bond acceptors (Lipinski definition) is 5. The van der Waals surface area contributed by atoms with E-state index in [9.17, 15) is 5.26 Å². The van der Waals surface area contributed by atoms with Crippen LogP contribution in [0.2, 0.25) is 0 Å². The largest absolute Gasteiger partial charge is 0.275 e. The molecule has 7 heteroatoms. The molecule has 0 aliphatic heterocycles. The van der Waals surface area contributed by atoms with Crippen LogP contribution in [0.1, 0.15) is 29.8 Å². The zero-order valence-electron chi connectivity index (χ0n) is 14.9. The van der Waals surface area contributed by atoms with Crippen molar-refractivity contribution < 1.29 is 0 Å². The molecule has 1 aliphatic carbocycles. The zero-order valence-corrected chi connectivity index (χ0v) is 14.9. The fourth-order valence-corrected chi connectivity index (χ4v) is 3.40. The lowest BCUT2D eigenvalue weighted by Crippen LogP contribution is -2.02. The fraction of sp³-hybridized carbons (Fsp3) is 0.250. The van der Waals surface area contributed by atoms with Gasteiger partial charge in [-0.25, -0.2) is 9.50 Å². The molecule has 1 aliphatic rings. The maximum absolute atomic E-state index is 9.33. The number of aromatic nitrogens is 6. The molecule has 0 spiro atoms. The Bertz CT molecular complexity index is 1170. The molecule has 0 atom stereocenters. The minimum absolute atomic E-state index is 0.246. The van der Waals surface area contributed by atoms with Crippen LogP contribution in [-0.4, -0.2) is 29.4 Å². The van der Waals surface area contributed by atoms with Crippen molar-refractivity contribution in [3.8, 4) is 17.3 Å². The first-order valence-corrected chi connectivity index (χ1v) is 8.86. The lowest BCUT2D eigenvalue weighted by molar-refractivity contribution is 0.768. The lowest BCUT2D eigenvalue weighted by atomic mass is 9.96. The van der Waals surface area contributed by atoms with E-state index in [0.717, 1.165) is 41.1 Å². The highest BCUT2D eigenvalue weighted by atomic mass is 15.3. The number of rotatable bonds is 4. The fourth-order valence-electron chi connectivity index (χ4n) is 3.40. The number of nitrogens with zero attached hydrogens (tertiary/aromatic N) is 7. The molecule has 3 aromatic heterocycles. The molecule has 27 heavy (non-hydrogen) atoms. The molecule has 1 fully saturated rings. The lowest BCUT2D eigenvalue weighted by Gasteiger charge is -2.06. The van der Waals surface area contributed by atoms with Gasteiger partial charge in [0.1, 0.15) is 0 Å². The highest BCUT2D eigenvalue weighted by molar-refractivity contribution is 5.59. The first kappa shape index (κ1) is 15.7. The second kappa shape index (κ2) is 5.74. The minimum atomic E-state index is -0.246. The van der Waals surface area contributed by atoms with Gasteiger partial charge in [0.25, 0.3) is 0 Å². The normalized spacial score (nSPS) is 15.0. The van der Waals surface area contributed by atoms with E-state index in [0.29, 0.717) is 12.1 Å². The summed E-state index contributed by atoms with van der Waals surface area (Å²) in [5.74, 6) is 0.738. The molecule has 0 radical (unpaired) electrons. The van der Waals surface area contributed by atoms with E-state index in [4.69, 9.17) is 0 Å². The summed E-state index contributed by atoms with van der Waals surface area (Å²) in [6.07, 6.45) is 9.76. The first-order chi connectivity index (χ1) is 13.2. The molecular formula is C20H17N7. The monoisotopic (exact) mass is 355 g/mol. The Balaban J connectivity index is 1.45. The third-order valence-electron chi connectivity index (χ3n) is 5.12. The summed E-state index contributed by atoms with van der Waals surface area (Å²) < 4.78 is 3.56. The Hall–Kier alpha value is -3.53. The van der Waals surface area contributed by atoms with Gasteiger partial charge >= 0.3 is 0 Å². The van der Waals surface area contributed by atoms with Crippen molar-refractivity contribution in [2.75, 3.05) is 0 Å². The van der Waals surface area contributed by atoms with Gasteiger partial charge in [0, 0.05) is 25.2 Å². The molecule has 0 unspecified atom stereocenters. The summed E-state index contributed by atoms with van der Waals surface area (Å²) in [5, 5.41) is 18.2. The van der Waals surface area contributed by atoms with E-state index in [2.05, 4.69) is 50.5 Å². The summed E-state index contributed by atoms with van der Waals surface area (Å²) in [4.78, 5) is 8.89.